The van der Waals surface area contributed by atoms with Gasteiger partial charge in [0.25, 0.3) is 0 Å². The van der Waals surface area contributed by atoms with E-state index in [9.17, 15) is 19.2 Å². The van der Waals surface area contributed by atoms with Gasteiger partial charge in [-0.3, -0.25) is 24.1 Å². The number of carbonyl (C=O) groups excluding carboxylic acids is 4. The lowest BCUT2D eigenvalue weighted by atomic mass is 9.85. The van der Waals surface area contributed by atoms with E-state index in [1.807, 2.05) is 57.2 Å². The van der Waals surface area contributed by atoms with E-state index >= 15 is 0 Å². The molecule has 4 amide bonds. The Balaban J connectivity index is 1.72. The third-order valence-electron chi connectivity index (χ3n) is 6.08. The second-order valence-electron chi connectivity index (χ2n) is 9.80. The van der Waals surface area contributed by atoms with Gasteiger partial charge in [0.1, 0.15) is 6.04 Å². The first-order valence-corrected chi connectivity index (χ1v) is 12.1. The monoisotopic (exact) mass is 517 g/mol. The molecule has 178 valence electrons. The van der Waals surface area contributed by atoms with Crippen molar-refractivity contribution in [1.29, 1.82) is 0 Å². The summed E-state index contributed by atoms with van der Waals surface area (Å²) in [4.78, 5) is 54.3. The molecular weight excluding hydrogens is 486 g/mol. The molecular formula is C25H32BrN3O4. The summed E-state index contributed by atoms with van der Waals surface area (Å²) < 4.78 is 0.921. The molecule has 1 fully saturated rings. The van der Waals surface area contributed by atoms with E-state index < -0.39 is 11.6 Å². The average Bonchev–Trinajstić information content (AvgIpc) is 3.00. The summed E-state index contributed by atoms with van der Waals surface area (Å²) >= 11 is 3.41. The van der Waals surface area contributed by atoms with Crippen LogP contribution in [0.15, 0.2) is 40.9 Å². The minimum absolute atomic E-state index is 0.0198. The highest BCUT2D eigenvalue weighted by molar-refractivity contribution is 9.10. The summed E-state index contributed by atoms with van der Waals surface area (Å²) in [6.07, 6.45) is 5.00. The lowest BCUT2D eigenvalue weighted by Crippen LogP contribution is -2.52. The van der Waals surface area contributed by atoms with Crippen molar-refractivity contribution in [3.8, 4) is 0 Å². The first-order valence-electron chi connectivity index (χ1n) is 11.3. The van der Waals surface area contributed by atoms with Crippen LogP contribution in [0.1, 0.15) is 52.5 Å². The normalized spacial score (nSPS) is 21.1. The number of likely N-dealkylation sites (tertiary alicyclic amines) is 1. The van der Waals surface area contributed by atoms with Crippen LogP contribution in [0, 0.1) is 11.8 Å². The number of benzene rings is 1. The number of halogens is 1. The molecule has 1 aliphatic carbocycles. The van der Waals surface area contributed by atoms with Gasteiger partial charge >= 0.3 is 0 Å². The maximum absolute atomic E-state index is 13.3. The quantitative estimate of drug-likeness (QED) is 0.443. The fourth-order valence-corrected chi connectivity index (χ4v) is 4.55. The summed E-state index contributed by atoms with van der Waals surface area (Å²) in [7, 11) is 0. The van der Waals surface area contributed by atoms with Crippen LogP contribution in [0.5, 0.6) is 0 Å². The molecule has 0 aromatic heterocycles. The molecule has 0 spiro atoms. The Hall–Kier alpha value is -2.48. The summed E-state index contributed by atoms with van der Waals surface area (Å²) in [6.45, 7) is 7.65. The number of rotatable bonds is 7. The molecule has 8 heteroatoms. The molecule has 2 aliphatic rings. The molecule has 3 atom stereocenters. The van der Waals surface area contributed by atoms with Gasteiger partial charge in [0, 0.05) is 29.5 Å². The molecule has 0 bridgehead atoms. The first-order chi connectivity index (χ1) is 15.5. The van der Waals surface area contributed by atoms with Crippen LogP contribution in [0.3, 0.4) is 0 Å². The van der Waals surface area contributed by atoms with E-state index in [1.165, 1.54) is 9.80 Å². The summed E-state index contributed by atoms with van der Waals surface area (Å²) in [5.74, 6) is -1.54. The Bertz CT molecular complexity index is 925. The average molecular weight is 518 g/mol. The van der Waals surface area contributed by atoms with Crippen LogP contribution in [0.25, 0.3) is 0 Å². The standard InChI is InChI=1S/C25H32BrN3O4/c1-16(22(31)27-25(2,3)4)29(15-17-9-11-18(26)12-10-17)21(30)13-14-28-23(32)19-7-5-6-8-20(19)24(28)33/h5-6,9-12,16,19-20H,7-8,13-15H2,1-4H3,(H,27,31)/t16?,19-,20+. The Morgan fingerprint density at radius 1 is 1.09 bits per heavy atom. The van der Waals surface area contributed by atoms with Crippen molar-refractivity contribution in [3.05, 3.63) is 46.5 Å². The fourth-order valence-electron chi connectivity index (χ4n) is 4.28. The van der Waals surface area contributed by atoms with Gasteiger partial charge in [-0.15, -0.1) is 0 Å². The van der Waals surface area contributed by atoms with Crippen LogP contribution in [0.4, 0.5) is 0 Å². The number of hydrogen-bond acceptors (Lipinski definition) is 4. The van der Waals surface area contributed by atoms with E-state index in [2.05, 4.69) is 21.2 Å². The van der Waals surface area contributed by atoms with Crippen molar-refractivity contribution >= 4 is 39.6 Å². The molecule has 1 unspecified atom stereocenters. The zero-order valence-electron chi connectivity index (χ0n) is 19.6. The van der Waals surface area contributed by atoms with Crippen LogP contribution in [-0.2, 0) is 25.7 Å². The summed E-state index contributed by atoms with van der Waals surface area (Å²) in [6, 6.07) is 6.84. The van der Waals surface area contributed by atoms with Crippen molar-refractivity contribution in [1.82, 2.24) is 15.1 Å². The van der Waals surface area contributed by atoms with Crippen molar-refractivity contribution < 1.29 is 19.2 Å². The predicted octanol–water partition coefficient (Wildman–Crippen LogP) is 3.42. The topological polar surface area (TPSA) is 86.8 Å². The van der Waals surface area contributed by atoms with Gasteiger partial charge in [0.05, 0.1) is 11.8 Å². The Labute approximate surface area is 203 Å². The molecule has 33 heavy (non-hydrogen) atoms. The van der Waals surface area contributed by atoms with Gasteiger partial charge in [-0.2, -0.15) is 0 Å². The van der Waals surface area contributed by atoms with Gasteiger partial charge in [-0.25, -0.2) is 0 Å². The molecule has 1 saturated heterocycles. The molecule has 1 aromatic rings. The number of fused-ring (bicyclic) bond motifs is 1. The van der Waals surface area contributed by atoms with Crippen molar-refractivity contribution in [2.45, 2.75) is 65.1 Å². The van der Waals surface area contributed by atoms with E-state index in [0.717, 1.165) is 10.0 Å². The zero-order chi connectivity index (χ0) is 24.3. The van der Waals surface area contributed by atoms with Crippen LogP contribution in [0.2, 0.25) is 0 Å². The van der Waals surface area contributed by atoms with Gasteiger partial charge in [-0.05, 0) is 58.2 Å². The van der Waals surface area contributed by atoms with Crippen LogP contribution < -0.4 is 5.32 Å². The third kappa shape index (κ3) is 6.10. The van der Waals surface area contributed by atoms with E-state index in [-0.39, 0.29) is 55.0 Å². The SMILES string of the molecule is CC(C(=O)NC(C)(C)C)N(Cc1ccc(Br)cc1)C(=O)CCN1C(=O)[C@H]2CC=CC[C@H]2C1=O. The highest BCUT2D eigenvalue weighted by Crippen LogP contribution is 2.35. The van der Waals surface area contributed by atoms with E-state index in [1.54, 1.807) is 6.92 Å². The Morgan fingerprint density at radius 2 is 1.64 bits per heavy atom. The number of nitrogens with zero attached hydrogens (tertiary/aromatic N) is 2. The number of amides is 4. The van der Waals surface area contributed by atoms with Crippen molar-refractivity contribution in [2.75, 3.05) is 6.54 Å². The van der Waals surface area contributed by atoms with Crippen molar-refractivity contribution in [3.63, 3.8) is 0 Å². The predicted molar refractivity (Wildman–Crippen MR) is 129 cm³/mol. The number of carbonyl (C=O) groups is 4. The lowest BCUT2D eigenvalue weighted by molar-refractivity contribution is -0.144. The molecule has 0 saturated carbocycles. The molecule has 0 radical (unpaired) electrons. The molecule has 1 N–H and O–H groups in total. The minimum atomic E-state index is -0.711. The maximum Gasteiger partial charge on any atom is 0.242 e. The molecule has 1 aliphatic heterocycles. The Morgan fingerprint density at radius 3 is 2.15 bits per heavy atom. The van der Waals surface area contributed by atoms with Crippen LogP contribution >= 0.6 is 15.9 Å². The van der Waals surface area contributed by atoms with Gasteiger partial charge < -0.3 is 10.2 Å². The van der Waals surface area contributed by atoms with Crippen LogP contribution in [-0.4, -0.2) is 51.6 Å². The molecule has 3 rings (SSSR count). The number of nitrogens with one attached hydrogen (secondary N) is 1. The second-order valence-corrected chi connectivity index (χ2v) is 10.7. The molecule has 1 aromatic carbocycles. The maximum atomic E-state index is 13.3. The number of hydrogen-bond donors (Lipinski definition) is 1. The summed E-state index contributed by atoms with van der Waals surface area (Å²) in [5, 5.41) is 2.93. The van der Waals surface area contributed by atoms with E-state index in [0.29, 0.717) is 12.8 Å². The largest absolute Gasteiger partial charge is 0.350 e. The van der Waals surface area contributed by atoms with Gasteiger partial charge in [0.2, 0.25) is 23.6 Å². The number of allylic oxidation sites excluding steroid dienone is 2. The number of imide groups is 1. The highest BCUT2D eigenvalue weighted by Gasteiger charge is 2.47. The smallest absolute Gasteiger partial charge is 0.242 e. The summed E-state index contributed by atoms with van der Waals surface area (Å²) in [5.41, 5.74) is 0.448. The second kappa shape index (κ2) is 10.2. The van der Waals surface area contributed by atoms with Gasteiger partial charge in [-0.1, -0.05) is 40.2 Å². The lowest BCUT2D eigenvalue weighted by Gasteiger charge is -2.32. The highest BCUT2D eigenvalue weighted by atomic mass is 79.9. The first kappa shape index (κ1) is 25.1. The zero-order valence-corrected chi connectivity index (χ0v) is 21.2. The Kier molecular flexibility index (Phi) is 7.77. The third-order valence-corrected chi connectivity index (χ3v) is 6.61. The minimum Gasteiger partial charge on any atom is -0.350 e. The molecule has 7 nitrogen and oxygen atoms in total. The van der Waals surface area contributed by atoms with Gasteiger partial charge in [0.15, 0.2) is 0 Å². The molecule has 1 heterocycles. The van der Waals surface area contributed by atoms with Crippen molar-refractivity contribution in [2.24, 2.45) is 11.8 Å². The van der Waals surface area contributed by atoms with E-state index in [4.69, 9.17) is 0 Å². The fraction of sp³-hybridized carbons (Fsp3) is 0.520.